The molecule has 0 unspecified atom stereocenters. The van der Waals surface area contributed by atoms with Gasteiger partial charge in [-0.3, -0.25) is 0 Å². The van der Waals surface area contributed by atoms with Gasteiger partial charge in [-0.15, -0.1) is 11.8 Å². The Morgan fingerprint density at radius 1 is 1.21 bits per heavy atom. The van der Waals surface area contributed by atoms with Crippen molar-refractivity contribution in [3.05, 3.63) is 65.2 Å². The lowest BCUT2D eigenvalue weighted by atomic mass is 10.1. The van der Waals surface area contributed by atoms with E-state index < -0.39 is 5.97 Å². The Balaban J connectivity index is 2.23. The lowest BCUT2D eigenvalue weighted by molar-refractivity contribution is 0.0693. The summed E-state index contributed by atoms with van der Waals surface area (Å²) in [6.45, 7) is 0. The fourth-order valence-corrected chi connectivity index (χ4v) is 2.66. The number of carbonyl (C=O) groups is 1. The van der Waals surface area contributed by atoms with Crippen molar-refractivity contribution >= 4 is 17.7 Å². The molecule has 1 N–H and O–H groups in total. The van der Waals surface area contributed by atoms with E-state index in [1.54, 1.807) is 6.07 Å². The highest BCUT2D eigenvalue weighted by atomic mass is 32.2. The predicted octanol–water partition coefficient (Wildman–Crippen LogP) is 3.55. The second kappa shape index (κ2) is 6.07. The van der Waals surface area contributed by atoms with E-state index in [1.165, 1.54) is 23.9 Å². The molecular weight excluding hydrogens is 258 g/mol. The number of benzene rings is 2. The normalized spacial score (nSPS) is 9.84. The topological polar surface area (TPSA) is 61.1 Å². The quantitative estimate of drug-likeness (QED) is 0.862. The van der Waals surface area contributed by atoms with Gasteiger partial charge in [-0.1, -0.05) is 30.3 Å². The molecule has 0 heterocycles. The number of hydrogen-bond donors (Lipinski definition) is 1. The summed E-state index contributed by atoms with van der Waals surface area (Å²) in [5, 5.41) is 18.0. The molecule has 0 atom stereocenters. The zero-order valence-electron chi connectivity index (χ0n) is 10.0. The molecule has 3 nitrogen and oxygen atoms in total. The average Bonchev–Trinajstić information content (AvgIpc) is 2.45. The lowest BCUT2D eigenvalue weighted by Gasteiger charge is -2.06. The summed E-state index contributed by atoms with van der Waals surface area (Å²) in [7, 11) is 0. The average molecular weight is 269 g/mol. The van der Waals surface area contributed by atoms with E-state index in [2.05, 4.69) is 0 Å². The maximum atomic E-state index is 11.1. The van der Waals surface area contributed by atoms with Crippen LogP contribution in [0.1, 0.15) is 21.5 Å². The highest BCUT2D eigenvalue weighted by Gasteiger charge is 2.11. The summed E-state index contributed by atoms with van der Waals surface area (Å²) >= 11 is 1.43. The van der Waals surface area contributed by atoms with E-state index in [-0.39, 0.29) is 5.56 Å². The van der Waals surface area contributed by atoms with E-state index >= 15 is 0 Å². The van der Waals surface area contributed by atoms with Gasteiger partial charge in [0.25, 0.3) is 0 Å². The maximum absolute atomic E-state index is 11.1. The SMILES string of the molecule is N#Cc1ccc(C(=O)O)c(SCc2ccccc2)c1. The fourth-order valence-electron chi connectivity index (χ4n) is 1.62. The second-order valence-electron chi connectivity index (χ2n) is 3.90. The predicted molar refractivity (Wildman–Crippen MR) is 74.1 cm³/mol. The van der Waals surface area contributed by atoms with Crippen molar-refractivity contribution in [1.29, 1.82) is 5.26 Å². The molecule has 0 spiro atoms. The molecule has 2 aromatic carbocycles. The first-order chi connectivity index (χ1) is 9.20. The monoisotopic (exact) mass is 269 g/mol. The Morgan fingerprint density at radius 3 is 2.58 bits per heavy atom. The molecule has 0 fully saturated rings. The van der Waals surface area contributed by atoms with Crippen LogP contribution in [-0.2, 0) is 5.75 Å². The summed E-state index contributed by atoms with van der Waals surface area (Å²) in [4.78, 5) is 11.8. The molecule has 4 heteroatoms. The highest BCUT2D eigenvalue weighted by molar-refractivity contribution is 7.98. The minimum Gasteiger partial charge on any atom is -0.478 e. The smallest absolute Gasteiger partial charge is 0.336 e. The molecule has 0 radical (unpaired) electrons. The Kier molecular flexibility index (Phi) is 4.22. The minimum absolute atomic E-state index is 0.236. The molecule has 0 bridgehead atoms. The number of thioether (sulfide) groups is 1. The van der Waals surface area contributed by atoms with Crippen LogP contribution < -0.4 is 0 Å². The van der Waals surface area contributed by atoms with Gasteiger partial charge in [0, 0.05) is 10.6 Å². The lowest BCUT2D eigenvalue weighted by Crippen LogP contribution is -1.99. The van der Waals surface area contributed by atoms with Crippen LogP contribution in [0.4, 0.5) is 0 Å². The number of carboxylic acid groups (broad SMARTS) is 1. The molecular formula is C15H11NO2S. The molecule has 2 rings (SSSR count). The molecule has 0 aromatic heterocycles. The van der Waals surface area contributed by atoms with Crippen molar-refractivity contribution in [3.63, 3.8) is 0 Å². The van der Waals surface area contributed by atoms with Gasteiger partial charge >= 0.3 is 5.97 Å². The Labute approximate surface area is 115 Å². The van der Waals surface area contributed by atoms with Crippen LogP contribution in [0, 0.1) is 11.3 Å². The molecule has 0 aliphatic rings. The van der Waals surface area contributed by atoms with E-state index in [9.17, 15) is 4.79 Å². The first kappa shape index (κ1) is 13.2. The number of nitriles is 1. The second-order valence-corrected chi connectivity index (χ2v) is 4.92. The van der Waals surface area contributed by atoms with Crippen LogP contribution in [0.5, 0.6) is 0 Å². The number of aromatic carboxylic acids is 1. The van der Waals surface area contributed by atoms with Gasteiger partial charge in [-0.25, -0.2) is 4.79 Å². The van der Waals surface area contributed by atoms with Crippen LogP contribution in [0.2, 0.25) is 0 Å². The maximum Gasteiger partial charge on any atom is 0.336 e. The van der Waals surface area contributed by atoms with Crippen LogP contribution in [0.25, 0.3) is 0 Å². The van der Waals surface area contributed by atoms with E-state index in [1.807, 2.05) is 36.4 Å². The third-order valence-electron chi connectivity index (χ3n) is 2.58. The van der Waals surface area contributed by atoms with Crippen molar-refractivity contribution in [3.8, 4) is 6.07 Å². The van der Waals surface area contributed by atoms with Crippen molar-refractivity contribution in [1.82, 2.24) is 0 Å². The Bertz CT molecular complexity index is 632. The third kappa shape index (κ3) is 3.36. The zero-order chi connectivity index (χ0) is 13.7. The van der Waals surface area contributed by atoms with Crippen molar-refractivity contribution in [2.75, 3.05) is 0 Å². The Morgan fingerprint density at radius 2 is 1.95 bits per heavy atom. The molecule has 19 heavy (non-hydrogen) atoms. The summed E-state index contributed by atoms with van der Waals surface area (Å²) in [5.74, 6) is -0.296. The molecule has 0 amide bonds. The molecule has 2 aromatic rings. The molecule has 94 valence electrons. The minimum atomic E-state index is -0.972. The number of carboxylic acids is 1. The van der Waals surface area contributed by atoms with Crippen molar-refractivity contribution in [2.45, 2.75) is 10.6 Å². The van der Waals surface area contributed by atoms with Gasteiger partial charge < -0.3 is 5.11 Å². The molecule has 0 saturated carbocycles. The molecule has 0 aliphatic carbocycles. The van der Waals surface area contributed by atoms with Gasteiger partial charge in [0.05, 0.1) is 17.2 Å². The van der Waals surface area contributed by atoms with Crippen LogP contribution in [0.3, 0.4) is 0 Å². The summed E-state index contributed by atoms with van der Waals surface area (Å²) in [5.41, 5.74) is 1.83. The van der Waals surface area contributed by atoms with Crippen molar-refractivity contribution in [2.24, 2.45) is 0 Å². The number of rotatable bonds is 4. The van der Waals surface area contributed by atoms with E-state index in [0.29, 0.717) is 16.2 Å². The third-order valence-corrected chi connectivity index (χ3v) is 3.70. The number of hydrogen-bond acceptors (Lipinski definition) is 3. The van der Waals surface area contributed by atoms with Gasteiger partial charge in [0.2, 0.25) is 0 Å². The van der Waals surface area contributed by atoms with Gasteiger partial charge in [0.1, 0.15) is 0 Å². The van der Waals surface area contributed by atoms with Gasteiger partial charge in [0.15, 0.2) is 0 Å². The van der Waals surface area contributed by atoms with Crippen LogP contribution in [0.15, 0.2) is 53.4 Å². The molecule has 0 aliphatic heterocycles. The Hall–Kier alpha value is -2.25. The number of nitrogens with zero attached hydrogens (tertiary/aromatic N) is 1. The largest absolute Gasteiger partial charge is 0.478 e. The zero-order valence-corrected chi connectivity index (χ0v) is 10.9. The standard InChI is InChI=1S/C15H11NO2S/c16-9-12-6-7-13(15(17)18)14(8-12)19-10-11-4-2-1-3-5-11/h1-8H,10H2,(H,17,18). The highest BCUT2D eigenvalue weighted by Crippen LogP contribution is 2.27. The molecule has 0 saturated heterocycles. The van der Waals surface area contributed by atoms with E-state index in [0.717, 1.165) is 5.56 Å². The summed E-state index contributed by atoms with van der Waals surface area (Å²) in [6.07, 6.45) is 0. The van der Waals surface area contributed by atoms with Crippen LogP contribution in [-0.4, -0.2) is 11.1 Å². The first-order valence-corrected chi connectivity index (χ1v) is 6.63. The summed E-state index contributed by atoms with van der Waals surface area (Å²) < 4.78 is 0. The van der Waals surface area contributed by atoms with Gasteiger partial charge in [-0.05, 0) is 23.8 Å². The fraction of sp³-hybridized carbons (Fsp3) is 0.0667. The van der Waals surface area contributed by atoms with Crippen LogP contribution >= 0.6 is 11.8 Å². The summed E-state index contributed by atoms with van der Waals surface area (Å²) in [6, 6.07) is 16.5. The van der Waals surface area contributed by atoms with Crippen molar-refractivity contribution < 1.29 is 9.90 Å². The van der Waals surface area contributed by atoms with Gasteiger partial charge in [-0.2, -0.15) is 5.26 Å². The first-order valence-electron chi connectivity index (χ1n) is 5.65. The van der Waals surface area contributed by atoms with E-state index in [4.69, 9.17) is 10.4 Å².